The highest BCUT2D eigenvalue weighted by Crippen LogP contribution is 2.25. The lowest BCUT2D eigenvalue weighted by atomic mass is 10.1. The number of fused-ring (bicyclic) bond motifs is 2. The topological polar surface area (TPSA) is 53.7 Å². The maximum absolute atomic E-state index is 13.2. The lowest BCUT2D eigenvalue weighted by Crippen LogP contribution is -2.37. The summed E-state index contributed by atoms with van der Waals surface area (Å²) in [5.74, 6) is 1.02. The molecule has 0 atom stereocenters. The molecule has 8 heteroatoms. The van der Waals surface area contributed by atoms with Gasteiger partial charge in [-0.05, 0) is 37.9 Å². The van der Waals surface area contributed by atoms with Crippen molar-refractivity contribution in [2.45, 2.75) is 43.0 Å². The molecule has 0 amide bonds. The van der Waals surface area contributed by atoms with E-state index >= 15 is 0 Å². The zero-order valence-corrected chi connectivity index (χ0v) is 19.5. The Morgan fingerprint density at radius 2 is 1.84 bits per heavy atom. The molecular weight excluding hydrogens is 426 g/mol. The van der Waals surface area contributed by atoms with Crippen LogP contribution in [0.2, 0.25) is 0 Å². The van der Waals surface area contributed by atoms with Crippen molar-refractivity contribution < 1.29 is 0 Å². The Bertz CT molecular complexity index is 1070. The highest BCUT2D eigenvalue weighted by atomic mass is 32.2. The minimum atomic E-state index is 0.0172. The van der Waals surface area contributed by atoms with Gasteiger partial charge in [-0.3, -0.25) is 9.69 Å². The van der Waals surface area contributed by atoms with E-state index < -0.39 is 0 Å². The molecule has 2 aromatic heterocycles. The number of thioether (sulfide) groups is 1. The van der Waals surface area contributed by atoms with Gasteiger partial charge < -0.3 is 4.90 Å². The number of aromatic nitrogens is 3. The van der Waals surface area contributed by atoms with E-state index in [2.05, 4.69) is 39.2 Å². The molecule has 6 nitrogen and oxygen atoms in total. The van der Waals surface area contributed by atoms with Crippen LogP contribution in [0.1, 0.15) is 36.1 Å². The average molecular weight is 456 g/mol. The van der Waals surface area contributed by atoms with Crippen LogP contribution in [0.15, 0.2) is 39.5 Å². The summed E-state index contributed by atoms with van der Waals surface area (Å²) in [6.45, 7) is 6.12. The van der Waals surface area contributed by atoms with Crippen LogP contribution < -0.4 is 5.56 Å². The van der Waals surface area contributed by atoms with E-state index in [1.54, 1.807) is 23.1 Å². The van der Waals surface area contributed by atoms with Gasteiger partial charge in [-0.25, -0.2) is 4.98 Å². The smallest absolute Gasteiger partial charge is 0.279 e. The molecule has 0 N–H and O–H groups in total. The predicted molar refractivity (Wildman–Crippen MR) is 127 cm³/mol. The molecule has 1 fully saturated rings. The Balaban J connectivity index is 1.24. The van der Waals surface area contributed by atoms with E-state index in [1.807, 2.05) is 6.07 Å². The van der Waals surface area contributed by atoms with Gasteiger partial charge in [-0.2, -0.15) is 4.52 Å². The molecule has 2 aliphatic rings. The molecule has 0 aliphatic carbocycles. The van der Waals surface area contributed by atoms with Crippen LogP contribution in [0.3, 0.4) is 0 Å². The lowest BCUT2D eigenvalue weighted by Gasteiger charge is -2.27. The Morgan fingerprint density at radius 1 is 1.00 bits per heavy atom. The van der Waals surface area contributed by atoms with Crippen LogP contribution in [-0.2, 0) is 19.4 Å². The SMILES string of the molecule is O=c1c2c(nc3sc(SCCN4CCCCC4)nn13)CCN(CCc1ccccc1)C2. The number of piperidine rings is 1. The van der Waals surface area contributed by atoms with Gasteiger partial charge in [-0.15, -0.1) is 5.10 Å². The molecule has 1 aromatic carbocycles. The number of benzene rings is 1. The van der Waals surface area contributed by atoms with Crippen LogP contribution in [0.5, 0.6) is 0 Å². The third kappa shape index (κ3) is 5.03. The first kappa shape index (κ1) is 21.1. The van der Waals surface area contributed by atoms with E-state index in [0.29, 0.717) is 6.54 Å². The summed E-state index contributed by atoms with van der Waals surface area (Å²) < 4.78 is 2.48. The zero-order valence-electron chi connectivity index (χ0n) is 17.8. The Kier molecular flexibility index (Phi) is 6.69. The van der Waals surface area contributed by atoms with Crippen LogP contribution in [-0.4, -0.2) is 62.9 Å². The van der Waals surface area contributed by atoms with Gasteiger partial charge in [0.25, 0.3) is 5.56 Å². The molecule has 0 bridgehead atoms. The van der Waals surface area contributed by atoms with Crippen molar-refractivity contribution >= 4 is 28.1 Å². The number of likely N-dealkylation sites (tertiary alicyclic amines) is 1. The van der Waals surface area contributed by atoms with Crippen LogP contribution in [0, 0.1) is 0 Å². The second-order valence-electron chi connectivity index (χ2n) is 8.42. The minimum Gasteiger partial charge on any atom is -0.303 e. The molecule has 3 aromatic rings. The van der Waals surface area contributed by atoms with E-state index in [1.165, 1.54) is 42.4 Å². The van der Waals surface area contributed by atoms with Crippen molar-refractivity contribution in [2.75, 3.05) is 38.5 Å². The zero-order chi connectivity index (χ0) is 21.0. The van der Waals surface area contributed by atoms with Crippen LogP contribution >= 0.6 is 23.1 Å². The molecule has 0 saturated carbocycles. The standard InChI is InChI=1S/C23H29N5OS2/c29-21-19-17-27(13-9-18-7-3-1-4-8-18)14-10-20(19)24-22-28(21)25-23(31-22)30-16-15-26-11-5-2-6-12-26/h1,3-4,7-8H,2,5-6,9-17H2. The summed E-state index contributed by atoms with van der Waals surface area (Å²) in [5, 5.41) is 4.61. The highest BCUT2D eigenvalue weighted by Gasteiger charge is 2.23. The number of rotatable bonds is 7. The molecular formula is C23H29N5OS2. The van der Waals surface area contributed by atoms with Crippen molar-refractivity contribution in [3.8, 4) is 0 Å². The van der Waals surface area contributed by atoms with Gasteiger partial charge in [-0.1, -0.05) is 59.9 Å². The van der Waals surface area contributed by atoms with Gasteiger partial charge in [0.05, 0.1) is 11.3 Å². The Morgan fingerprint density at radius 3 is 2.68 bits per heavy atom. The first-order chi connectivity index (χ1) is 15.3. The highest BCUT2D eigenvalue weighted by molar-refractivity contribution is 8.01. The first-order valence-corrected chi connectivity index (χ1v) is 13.1. The molecule has 164 valence electrons. The summed E-state index contributed by atoms with van der Waals surface area (Å²) in [7, 11) is 0. The summed E-state index contributed by atoms with van der Waals surface area (Å²) in [6, 6.07) is 10.5. The van der Waals surface area contributed by atoms with E-state index in [0.717, 1.165) is 58.8 Å². The van der Waals surface area contributed by atoms with Crippen LogP contribution in [0.4, 0.5) is 0 Å². The van der Waals surface area contributed by atoms with Gasteiger partial charge in [0.1, 0.15) is 0 Å². The third-order valence-electron chi connectivity index (χ3n) is 6.26. The number of nitrogens with zero attached hydrogens (tertiary/aromatic N) is 5. The van der Waals surface area contributed by atoms with Crippen molar-refractivity contribution in [2.24, 2.45) is 0 Å². The summed E-state index contributed by atoms with van der Waals surface area (Å²) >= 11 is 3.30. The van der Waals surface area contributed by atoms with Gasteiger partial charge in [0, 0.05) is 38.4 Å². The van der Waals surface area contributed by atoms with Gasteiger partial charge in [0.2, 0.25) is 4.96 Å². The van der Waals surface area contributed by atoms with Crippen molar-refractivity contribution in [3.05, 3.63) is 57.5 Å². The monoisotopic (exact) mass is 455 g/mol. The average Bonchev–Trinajstić information content (AvgIpc) is 3.22. The fourth-order valence-electron chi connectivity index (χ4n) is 4.46. The summed E-state index contributed by atoms with van der Waals surface area (Å²) in [4.78, 5) is 23.6. The van der Waals surface area contributed by atoms with E-state index in [9.17, 15) is 4.79 Å². The normalized spacial score (nSPS) is 17.8. The fourth-order valence-corrected chi connectivity index (χ4v) is 6.48. The van der Waals surface area contributed by atoms with Gasteiger partial charge in [0.15, 0.2) is 4.34 Å². The van der Waals surface area contributed by atoms with E-state index in [-0.39, 0.29) is 5.56 Å². The Labute approximate surface area is 191 Å². The largest absolute Gasteiger partial charge is 0.303 e. The predicted octanol–water partition coefficient (Wildman–Crippen LogP) is 3.33. The number of hydrogen-bond acceptors (Lipinski definition) is 7. The molecule has 0 unspecified atom stereocenters. The second kappa shape index (κ2) is 9.81. The minimum absolute atomic E-state index is 0.0172. The maximum Gasteiger partial charge on any atom is 0.279 e. The van der Waals surface area contributed by atoms with Crippen molar-refractivity contribution in [1.29, 1.82) is 0 Å². The molecule has 0 radical (unpaired) electrons. The lowest BCUT2D eigenvalue weighted by molar-refractivity contribution is 0.242. The van der Waals surface area contributed by atoms with Crippen molar-refractivity contribution in [1.82, 2.24) is 24.4 Å². The van der Waals surface area contributed by atoms with Crippen LogP contribution in [0.25, 0.3) is 4.96 Å². The number of hydrogen-bond donors (Lipinski definition) is 0. The molecule has 2 aliphatic heterocycles. The van der Waals surface area contributed by atoms with E-state index in [4.69, 9.17) is 4.98 Å². The van der Waals surface area contributed by atoms with Crippen molar-refractivity contribution in [3.63, 3.8) is 0 Å². The third-order valence-corrected chi connectivity index (χ3v) is 8.28. The quantitative estimate of drug-likeness (QED) is 0.510. The molecule has 4 heterocycles. The second-order valence-corrected chi connectivity index (χ2v) is 10.7. The fraction of sp³-hybridized carbons (Fsp3) is 0.522. The molecule has 1 saturated heterocycles. The summed E-state index contributed by atoms with van der Waals surface area (Å²) in [5.41, 5.74) is 3.15. The summed E-state index contributed by atoms with van der Waals surface area (Å²) in [6.07, 6.45) is 5.84. The molecule has 31 heavy (non-hydrogen) atoms. The molecule has 5 rings (SSSR count). The first-order valence-electron chi connectivity index (χ1n) is 11.3. The Hall–Kier alpha value is -1.74. The molecule has 0 spiro atoms. The van der Waals surface area contributed by atoms with Gasteiger partial charge >= 0.3 is 0 Å². The maximum atomic E-state index is 13.2.